The lowest BCUT2D eigenvalue weighted by molar-refractivity contribution is 0.0728. The second-order valence-corrected chi connectivity index (χ2v) is 11.0. The minimum atomic E-state index is -3.76. The molecule has 2 aromatic heterocycles. The quantitative estimate of drug-likeness (QED) is 0.402. The second-order valence-electron chi connectivity index (χ2n) is 9.27. The molecule has 0 aliphatic rings. The predicted octanol–water partition coefficient (Wildman–Crippen LogP) is 3.41. The summed E-state index contributed by atoms with van der Waals surface area (Å²) in [5, 5.41) is 14.2. The van der Waals surface area contributed by atoms with E-state index in [0.29, 0.717) is 29.3 Å². The number of benzene rings is 1. The lowest BCUT2D eigenvalue weighted by Crippen LogP contribution is -2.30. The maximum atomic E-state index is 12.8. The topological polar surface area (TPSA) is 136 Å². The van der Waals surface area contributed by atoms with Crippen LogP contribution in [0.4, 0.5) is 5.82 Å². The van der Waals surface area contributed by atoms with Crippen molar-refractivity contribution in [3.05, 3.63) is 42.4 Å². The molecule has 0 bridgehead atoms. The molecule has 0 unspecified atom stereocenters. The van der Waals surface area contributed by atoms with Crippen LogP contribution in [0.25, 0.3) is 22.5 Å². The Bertz CT molecular complexity index is 1240. The number of aliphatic hydroxyl groups is 1. The van der Waals surface area contributed by atoms with Gasteiger partial charge in [-0.25, -0.2) is 23.1 Å². The van der Waals surface area contributed by atoms with Gasteiger partial charge in [-0.05, 0) is 50.8 Å². The van der Waals surface area contributed by atoms with Crippen LogP contribution in [0, 0.1) is 12.8 Å². The number of nitrogens with zero attached hydrogens (tertiary/aromatic N) is 4. The average molecular weight is 509 g/mol. The van der Waals surface area contributed by atoms with Gasteiger partial charge in [-0.15, -0.1) is 12.4 Å². The summed E-state index contributed by atoms with van der Waals surface area (Å²) in [5.41, 5.74) is 8.40. The van der Waals surface area contributed by atoms with Crippen molar-refractivity contribution >= 4 is 28.2 Å². The molecule has 11 heteroatoms. The molecule has 0 amide bonds. The van der Waals surface area contributed by atoms with E-state index >= 15 is 0 Å². The van der Waals surface area contributed by atoms with Crippen molar-refractivity contribution in [2.75, 3.05) is 12.3 Å². The molecule has 0 aliphatic heterocycles. The number of aryl methyl sites for hydroxylation is 1. The number of hydrogen-bond donors (Lipinski definition) is 3. The summed E-state index contributed by atoms with van der Waals surface area (Å²) < 4.78 is 30.0. The third-order valence-electron chi connectivity index (χ3n) is 5.08. The third kappa shape index (κ3) is 6.99. The van der Waals surface area contributed by atoms with Crippen molar-refractivity contribution < 1.29 is 13.5 Å². The standard InChI is InChI=1S/C23H32N6O3S.ClH/c1-15(2)13-29-14-17(11-26-29)21-22(24)25-12-20(28-21)19-10-18(7-6-16(19)3)33(31,32)27-9-8-23(4,5)30;/h6-7,10-12,14-15,27,30H,8-9,13H2,1-5H3,(H2,24,25);1H. The summed E-state index contributed by atoms with van der Waals surface area (Å²) in [6.07, 6.45) is 5.41. The van der Waals surface area contributed by atoms with Gasteiger partial charge in [0.2, 0.25) is 10.0 Å². The van der Waals surface area contributed by atoms with Gasteiger partial charge in [0, 0.05) is 30.4 Å². The summed E-state index contributed by atoms with van der Waals surface area (Å²) in [6.45, 7) is 10.3. The van der Waals surface area contributed by atoms with E-state index in [-0.39, 0.29) is 29.7 Å². The maximum Gasteiger partial charge on any atom is 0.240 e. The van der Waals surface area contributed by atoms with E-state index in [1.54, 1.807) is 38.2 Å². The van der Waals surface area contributed by atoms with Gasteiger partial charge < -0.3 is 10.8 Å². The first-order chi connectivity index (χ1) is 15.4. The lowest BCUT2D eigenvalue weighted by atomic mass is 10.1. The number of anilines is 1. The molecule has 34 heavy (non-hydrogen) atoms. The van der Waals surface area contributed by atoms with E-state index in [0.717, 1.165) is 17.7 Å². The molecule has 0 fully saturated rings. The maximum absolute atomic E-state index is 12.8. The second kappa shape index (κ2) is 10.8. The molecule has 0 saturated heterocycles. The van der Waals surface area contributed by atoms with E-state index in [4.69, 9.17) is 10.7 Å². The Kier molecular flexibility index (Phi) is 8.81. The molecule has 3 rings (SSSR count). The van der Waals surface area contributed by atoms with Crippen LogP contribution in [0.1, 0.15) is 39.7 Å². The Labute approximate surface area is 207 Å². The van der Waals surface area contributed by atoms with Crippen LogP contribution in [-0.2, 0) is 16.6 Å². The highest BCUT2D eigenvalue weighted by atomic mass is 35.5. The van der Waals surface area contributed by atoms with Gasteiger partial charge in [0.1, 0.15) is 11.5 Å². The largest absolute Gasteiger partial charge is 0.390 e. The minimum Gasteiger partial charge on any atom is -0.390 e. The highest BCUT2D eigenvalue weighted by molar-refractivity contribution is 7.89. The fraction of sp³-hybridized carbons (Fsp3) is 0.435. The van der Waals surface area contributed by atoms with Gasteiger partial charge in [-0.2, -0.15) is 5.10 Å². The van der Waals surface area contributed by atoms with E-state index in [9.17, 15) is 13.5 Å². The lowest BCUT2D eigenvalue weighted by Gasteiger charge is -2.17. The zero-order valence-corrected chi connectivity index (χ0v) is 21.7. The van der Waals surface area contributed by atoms with Crippen LogP contribution in [-0.4, -0.2) is 45.4 Å². The van der Waals surface area contributed by atoms with Crippen LogP contribution in [0.5, 0.6) is 0 Å². The molecule has 1 aromatic carbocycles. The van der Waals surface area contributed by atoms with Crippen molar-refractivity contribution in [1.29, 1.82) is 0 Å². The van der Waals surface area contributed by atoms with E-state index < -0.39 is 15.6 Å². The van der Waals surface area contributed by atoms with Crippen molar-refractivity contribution in [2.24, 2.45) is 5.92 Å². The number of halogens is 1. The van der Waals surface area contributed by atoms with Crippen LogP contribution < -0.4 is 10.5 Å². The monoisotopic (exact) mass is 508 g/mol. The molecule has 0 spiro atoms. The third-order valence-corrected chi connectivity index (χ3v) is 6.54. The first-order valence-electron chi connectivity index (χ1n) is 10.8. The Balaban J connectivity index is 0.00000408. The highest BCUT2D eigenvalue weighted by Gasteiger charge is 2.20. The number of sulfonamides is 1. The predicted molar refractivity (Wildman–Crippen MR) is 136 cm³/mol. The van der Waals surface area contributed by atoms with Gasteiger partial charge in [0.15, 0.2) is 0 Å². The number of nitrogens with two attached hydrogens (primary N) is 1. The van der Waals surface area contributed by atoms with Crippen molar-refractivity contribution in [1.82, 2.24) is 24.5 Å². The molecular formula is C23H33ClN6O3S. The van der Waals surface area contributed by atoms with Gasteiger partial charge in [-0.1, -0.05) is 19.9 Å². The Hall–Kier alpha value is -2.53. The van der Waals surface area contributed by atoms with E-state index in [2.05, 4.69) is 28.7 Å². The fourth-order valence-electron chi connectivity index (χ4n) is 3.32. The number of aromatic nitrogens is 4. The summed E-state index contributed by atoms with van der Waals surface area (Å²) in [5.74, 6) is 0.717. The zero-order valence-electron chi connectivity index (χ0n) is 20.1. The Morgan fingerprint density at radius 2 is 1.94 bits per heavy atom. The van der Waals surface area contributed by atoms with Crippen molar-refractivity contribution in [3.63, 3.8) is 0 Å². The van der Waals surface area contributed by atoms with E-state index in [1.807, 2.05) is 17.8 Å². The van der Waals surface area contributed by atoms with Crippen LogP contribution in [0.15, 0.2) is 41.7 Å². The van der Waals surface area contributed by atoms with Crippen molar-refractivity contribution in [3.8, 4) is 22.5 Å². The number of rotatable bonds is 9. The fourth-order valence-corrected chi connectivity index (χ4v) is 4.38. The molecule has 0 radical (unpaired) electrons. The molecule has 9 nitrogen and oxygen atoms in total. The first-order valence-corrected chi connectivity index (χ1v) is 12.3. The molecule has 0 atom stereocenters. The van der Waals surface area contributed by atoms with Crippen LogP contribution in [0.3, 0.4) is 0 Å². The smallest absolute Gasteiger partial charge is 0.240 e. The molecule has 186 valence electrons. The van der Waals surface area contributed by atoms with E-state index in [1.165, 1.54) is 6.20 Å². The van der Waals surface area contributed by atoms with Crippen molar-refractivity contribution in [2.45, 2.75) is 58.1 Å². The Morgan fingerprint density at radius 3 is 2.59 bits per heavy atom. The normalized spacial score (nSPS) is 12.1. The molecule has 2 heterocycles. The van der Waals surface area contributed by atoms with Gasteiger partial charge in [-0.3, -0.25) is 4.68 Å². The molecule has 3 aromatic rings. The molecule has 4 N–H and O–H groups in total. The number of nitrogens with one attached hydrogen (secondary N) is 1. The minimum absolute atomic E-state index is 0. The summed E-state index contributed by atoms with van der Waals surface area (Å²) in [4.78, 5) is 9.11. The number of hydrogen-bond acceptors (Lipinski definition) is 7. The SMILES string of the molecule is Cc1ccc(S(=O)(=O)NCCC(C)(C)O)cc1-c1cnc(N)c(-c2cnn(CC(C)C)c2)n1.Cl. The van der Waals surface area contributed by atoms with Crippen LogP contribution in [0.2, 0.25) is 0 Å². The molecular weight excluding hydrogens is 476 g/mol. The molecule has 0 aliphatic carbocycles. The zero-order chi connectivity index (χ0) is 24.4. The van der Waals surface area contributed by atoms with Gasteiger partial charge >= 0.3 is 0 Å². The summed E-state index contributed by atoms with van der Waals surface area (Å²) >= 11 is 0. The average Bonchev–Trinajstić information content (AvgIpc) is 3.15. The van der Waals surface area contributed by atoms with Crippen LogP contribution >= 0.6 is 12.4 Å². The Morgan fingerprint density at radius 1 is 1.24 bits per heavy atom. The van der Waals surface area contributed by atoms with Gasteiger partial charge in [0.05, 0.1) is 28.6 Å². The first kappa shape index (κ1) is 27.7. The highest BCUT2D eigenvalue weighted by Crippen LogP contribution is 2.29. The summed E-state index contributed by atoms with van der Waals surface area (Å²) in [7, 11) is -3.76. The summed E-state index contributed by atoms with van der Waals surface area (Å²) in [6, 6.07) is 4.86. The van der Waals surface area contributed by atoms with Gasteiger partial charge in [0.25, 0.3) is 0 Å². The molecule has 0 saturated carbocycles. The number of nitrogen functional groups attached to an aromatic ring is 1.